The van der Waals surface area contributed by atoms with Crippen LogP contribution in [0.1, 0.15) is 55.0 Å². The summed E-state index contributed by atoms with van der Waals surface area (Å²) < 4.78 is 0. The fourth-order valence-corrected chi connectivity index (χ4v) is 3.19. The summed E-state index contributed by atoms with van der Waals surface area (Å²) in [5, 5.41) is 5.01. The van der Waals surface area contributed by atoms with Crippen molar-refractivity contribution in [3.05, 3.63) is 16.1 Å². The molecular weight excluding hydrogens is 204 g/mol. The third-order valence-electron chi connectivity index (χ3n) is 3.14. The zero-order valence-electron chi connectivity index (χ0n) is 9.62. The van der Waals surface area contributed by atoms with Gasteiger partial charge in [0.25, 0.3) is 0 Å². The average molecular weight is 224 g/mol. The molecule has 0 aliphatic heterocycles. The maximum absolute atomic E-state index is 4.49. The zero-order chi connectivity index (χ0) is 10.7. The Bertz CT molecular complexity index is 302. The molecule has 2 rings (SSSR count). The summed E-state index contributed by atoms with van der Waals surface area (Å²) >= 11 is 1.83. The van der Waals surface area contributed by atoms with Gasteiger partial charge in [-0.3, -0.25) is 0 Å². The lowest BCUT2D eigenvalue weighted by Crippen LogP contribution is -2.30. The summed E-state index contributed by atoms with van der Waals surface area (Å²) in [5.74, 6) is 0. The van der Waals surface area contributed by atoms with E-state index in [0.29, 0.717) is 6.04 Å². The van der Waals surface area contributed by atoms with Crippen molar-refractivity contribution in [1.82, 2.24) is 10.3 Å². The van der Waals surface area contributed by atoms with E-state index in [-0.39, 0.29) is 0 Å². The monoisotopic (exact) mass is 224 g/mol. The van der Waals surface area contributed by atoms with Crippen LogP contribution in [-0.2, 0) is 0 Å². The Morgan fingerprint density at radius 1 is 1.53 bits per heavy atom. The Morgan fingerprint density at radius 3 is 2.80 bits per heavy atom. The smallest absolute Gasteiger partial charge is 0.110 e. The van der Waals surface area contributed by atoms with Gasteiger partial charge in [0.05, 0.1) is 6.04 Å². The molecule has 1 heterocycles. The zero-order valence-corrected chi connectivity index (χ0v) is 10.4. The van der Waals surface area contributed by atoms with Gasteiger partial charge < -0.3 is 5.32 Å². The van der Waals surface area contributed by atoms with Crippen LogP contribution in [0, 0.1) is 6.92 Å². The minimum Gasteiger partial charge on any atom is -0.305 e. The van der Waals surface area contributed by atoms with E-state index in [4.69, 9.17) is 0 Å². The van der Waals surface area contributed by atoms with Gasteiger partial charge in [0.2, 0.25) is 0 Å². The van der Waals surface area contributed by atoms with E-state index in [1.807, 2.05) is 17.5 Å². The normalized spacial score (nSPS) is 19.6. The first-order valence-electron chi connectivity index (χ1n) is 5.98. The maximum Gasteiger partial charge on any atom is 0.110 e. The SMILES string of the molecule is CCC(NC1CCCC1)c1ncc(C)s1. The number of aryl methyl sites for hydroxylation is 1. The molecule has 1 N–H and O–H groups in total. The van der Waals surface area contributed by atoms with Crippen LogP contribution in [0.5, 0.6) is 0 Å². The van der Waals surface area contributed by atoms with E-state index in [9.17, 15) is 0 Å². The highest BCUT2D eigenvalue weighted by Crippen LogP contribution is 2.26. The van der Waals surface area contributed by atoms with Crippen molar-refractivity contribution in [3.63, 3.8) is 0 Å². The fraction of sp³-hybridized carbons (Fsp3) is 0.750. The molecule has 0 radical (unpaired) electrons. The molecule has 1 fully saturated rings. The van der Waals surface area contributed by atoms with Gasteiger partial charge >= 0.3 is 0 Å². The molecule has 1 aromatic heterocycles. The van der Waals surface area contributed by atoms with Gasteiger partial charge in [-0.05, 0) is 26.2 Å². The summed E-state index contributed by atoms with van der Waals surface area (Å²) in [5.41, 5.74) is 0. The van der Waals surface area contributed by atoms with E-state index in [1.165, 1.54) is 35.6 Å². The highest BCUT2D eigenvalue weighted by molar-refractivity contribution is 7.11. The summed E-state index contributed by atoms with van der Waals surface area (Å²) in [4.78, 5) is 5.80. The Labute approximate surface area is 96.1 Å². The van der Waals surface area contributed by atoms with Gasteiger partial charge in [0, 0.05) is 17.1 Å². The van der Waals surface area contributed by atoms with E-state index in [2.05, 4.69) is 24.1 Å². The molecule has 1 saturated carbocycles. The average Bonchev–Trinajstić information content (AvgIpc) is 2.85. The molecule has 0 aromatic carbocycles. The minimum atomic E-state index is 0.479. The van der Waals surface area contributed by atoms with Gasteiger partial charge in [-0.15, -0.1) is 11.3 Å². The quantitative estimate of drug-likeness (QED) is 0.847. The summed E-state index contributed by atoms with van der Waals surface area (Å²) in [7, 11) is 0. The lowest BCUT2D eigenvalue weighted by atomic mass is 10.1. The Hall–Kier alpha value is -0.410. The second-order valence-electron chi connectivity index (χ2n) is 4.42. The summed E-state index contributed by atoms with van der Waals surface area (Å²) in [6.45, 7) is 4.37. The number of hydrogen-bond donors (Lipinski definition) is 1. The molecule has 1 unspecified atom stereocenters. The van der Waals surface area contributed by atoms with Crippen LogP contribution < -0.4 is 5.32 Å². The third-order valence-corrected chi connectivity index (χ3v) is 4.16. The molecule has 0 amide bonds. The highest BCUT2D eigenvalue weighted by atomic mass is 32.1. The molecule has 1 atom stereocenters. The molecular formula is C12H20N2S. The highest BCUT2D eigenvalue weighted by Gasteiger charge is 2.20. The first-order valence-corrected chi connectivity index (χ1v) is 6.79. The van der Waals surface area contributed by atoms with Crippen LogP contribution >= 0.6 is 11.3 Å². The number of aromatic nitrogens is 1. The number of nitrogens with zero attached hydrogens (tertiary/aromatic N) is 1. The molecule has 3 heteroatoms. The number of nitrogens with one attached hydrogen (secondary N) is 1. The lowest BCUT2D eigenvalue weighted by Gasteiger charge is -2.19. The third kappa shape index (κ3) is 2.79. The van der Waals surface area contributed by atoms with E-state index in [0.717, 1.165) is 12.5 Å². The van der Waals surface area contributed by atoms with Crippen molar-refractivity contribution in [3.8, 4) is 0 Å². The first-order chi connectivity index (χ1) is 7.29. The van der Waals surface area contributed by atoms with E-state index in [1.54, 1.807) is 0 Å². The van der Waals surface area contributed by atoms with Crippen molar-refractivity contribution in [1.29, 1.82) is 0 Å². The van der Waals surface area contributed by atoms with Gasteiger partial charge in [-0.1, -0.05) is 19.8 Å². The van der Waals surface area contributed by atoms with Gasteiger partial charge in [0.1, 0.15) is 5.01 Å². The minimum absolute atomic E-state index is 0.479. The van der Waals surface area contributed by atoms with Crippen molar-refractivity contribution in [2.45, 2.75) is 58.0 Å². The largest absolute Gasteiger partial charge is 0.305 e. The molecule has 15 heavy (non-hydrogen) atoms. The van der Waals surface area contributed by atoms with Gasteiger partial charge in [-0.25, -0.2) is 4.98 Å². The standard InChI is InChI=1S/C12H20N2S/c1-3-11(12-13-8-9(2)15-12)14-10-6-4-5-7-10/h8,10-11,14H,3-7H2,1-2H3. The van der Waals surface area contributed by atoms with Crippen molar-refractivity contribution in [2.75, 3.05) is 0 Å². The molecule has 1 aliphatic rings. The predicted octanol–water partition coefficient (Wildman–Crippen LogP) is 3.43. The molecule has 0 saturated heterocycles. The van der Waals surface area contributed by atoms with Gasteiger partial charge in [-0.2, -0.15) is 0 Å². The molecule has 0 spiro atoms. The van der Waals surface area contributed by atoms with E-state index >= 15 is 0 Å². The second kappa shape index (κ2) is 5.08. The number of thiazole rings is 1. The second-order valence-corrected chi connectivity index (χ2v) is 5.68. The van der Waals surface area contributed by atoms with Crippen molar-refractivity contribution >= 4 is 11.3 Å². The summed E-state index contributed by atoms with van der Waals surface area (Å²) in [6, 6.07) is 1.21. The van der Waals surface area contributed by atoms with Gasteiger partial charge in [0.15, 0.2) is 0 Å². The number of hydrogen-bond acceptors (Lipinski definition) is 3. The Balaban J connectivity index is 1.97. The lowest BCUT2D eigenvalue weighted by molar-refractivity contribution is 0.429. The summed E-state index contributed by atoms with van der Waals surface area (Å²) in [6.07, 6.45) is 8.61. The maximum atomic E-state index is 4.49. The number of rotatable bonds is 4. The topological polar surface area (TPSA) is 24.9 Å². The molecule has 2 nitrogen and oxygen atoms in total. The Kier molecular flexibility index (Phi) is 3.76. The molecule has 0 bridgehead atoms. The van der Waals surface area contributed by atoms with Crippen LogP contribution in [0.15, 0.2) is 6.20 Å². The van der Waals surface area contributed by atoms with E-state index < -0.39 is 0 Å². The van der Waals surface area contributed by atoms with Crippen LogP contribution in [-0.4, -0.2) is 11.0 Å². The van der Waals surface area contributed by atoms with Crippen LogP contribution in [0.4, 0.5) is 0 Å². The predicted molar refractivity (Wildman–Crippen MR) is 65.3 cm³/mol. The van der Waals surface area contributed by atoms with Crippen LogP contribution in [0.3, 0.4) is 0 Å². The van der Waals surface area contributed by atoms with Crippen molar-refractivity contribution < 1.29 is 0 Å². The van der Waals surface area contributed by atoms with Crippen LogP contribution in [0.25, 0.3) is 0 Å². The van der Waals surface area contributed by atoms with Crippen LogP contribution in [0.2, 0.25) is 0 Å². The first kappa shape index (κ1) is 11.1. The molecule has 84 valence electrons. The molecule has 1 aromatic rings. The fourth-order valence-electron chi connectivity index (χ4n) is 2.27. The molecule has 1 aliphatic carbocycles. The van der Waals surface area contributed by atoms with Crippen molar-refractivity contribution in [2.24, 2.45) is 0 Å². The Morgan fingerprint density at radius 2 is 2.27 bits per heavy atom.